The van der Waals surface area contributed by atoms with Crippen molar-refractivity contribution in [2.75, 3.05) is 34.3 Å². The number of hydrogen-bond donors (Lipinski definition) is 1. The van der Waals surface area contributed by atoms with Gasteiger partial charge in [0.1, 0.15) is 13.2 Å². The Morgan fingerprint density at radius 2 is 1.72 bits per heavy atom. The number of rotatable bonds is 5. The molecule has 18 heavy (non-hydrogen) atoms. The molecule has 0 aliphatic rings. The number of hydrogen-bond acceptors (Lipinski definition) is 3. The van der Waals surface area contributed by atoms with Crippen LogP contribution in [-0.2, 0) is 14.3 Å². The van der Waals surface area contributed by atoms with Crippen LogP contribution in [0.25, 0.3) is 0 Å². The highest BCUT2D eigenvalue weighted by Gasteiger charge is 2.09. The lowest BCUT2D eigenvalue weighted by molar-refractivity contribution is -0.870. The number of amides is 1. The Bertz CT molecular complexity index is 296. The number of carbonyl (C=O) groups excluding carboxylic acids is 2. The number of quaternary nitrogens is 1. The molecule has 0 aromatic heterocycles. The smallest absolute Gasteiger partial charge is 0.333 e. The number of halogens is 1. The van der Waals surface area contributed by atoms with Gasteiger partial charge in [-0.05, 0) is 13.0 Å². The predicted octanol–water partition coefficient (Wildman–Crippen LogP) is -2.53. The van der Waals surface area contributed by atoms with Crippen LogP contribution >= 0.6 is 0 Å². The number of esters is 1. The van der Waals surface area contributed by atoms with E-state index in [4.69, 9.17) is 4.74 Å². The van der Waals surface area contributed by atoms with Gasteiger partial charge in [0.25, 0.3) is 0 Å². The third kappa shape index (κ3) is 20.3. The van der Waals surface area contributed by atoms with E-state index in [0.29, 0.717) is 12.2 Å². The molecule has 0 fully saturated rings. The molecule has 5 nitrogen and oxygen atoms in total. The Hall–Kier alpha value is -1.14. The van der Waals surface area contributed by atoms with Crippen molar-refractivity contribution in [1.29, 1.82) is 0 Å². The first kappa shape index (κ1) is 22.1. The van der Waals surface area contributed by atoms with Crippen LogP contribution < -0.4 is 22.7 Å². The zero-order valence-electron chi connectivity index (χ0n) is 11.5. The summed E-state index contributed by atoms with van der Waals surface area (Å²) in [6.45, 7) is 9.50. The van der Waals surface area contributed by atoms with Crippen molar-refractivity contribution in [3.63, 3.8) is 0 Å². The Labute approximate surface area is 120 Å². The number of likely N-dealkylation sites (N-methyl/N-ethyl adjacent to an activating group) is 1. The topological polar surface area (TPSA) is 69.4 Å². The largest absolute Gasteiger partial charge is 1.00 e. The molecule has 0 aliphatic carbocycles. The van der Waals surface area contributed by atoms with E-state index in [2.05, 4.69) is 40.0 Å². The first-order chi connectivity index (χ1) is 7.60. The lowest BCUT2D eigenvalue weighted by atomic mass is 10.4. The van der Waals surface area contributed by atoms with Gasteiger partial charge in [-0.15, -0.1) is 0 Å². The minimum absolute atomic E-state index is 0. The number of nitrogens with zero attached hydrogens (tertiary/aromatic N) is 1. The number of ether oxygens (including phenoxy) is 1. The van der Waals surface area contributed by atoms with Crippen LogP contribution in [0.3, 0.4) is 0 Å². The van der Waals surface area contributed by atoms with Crippen molar-refractivity contribution in [1.82, 2.24) is 0 Å². The third-order valence-corrected chi connectivity index (χ3v) is 1.54. The maximum Gasteiger partial charge on any atom is 0.333 e. The SMILES string of the molecule is C=C(C)C(=O)OCC[N+](C)(C)C.C=CC(N)=O.[Br-]. The summed E-state index contributed by atoms with van der Waals surface area (Å²) in [6, 6.07) is 0. The van der Waals surface area contributed by atoms with Gasteiger partial charge in [0.2, 0.25) is 5.91 Å². The van der Waals surface area contributed by atoms with Crippen LogP contribution in [0.5, 0.6) is 0 Å². The van der Waals surface area contributed by atoms with Crippen LogP contribution in [0.15, 0.2) is 24.8 Å². The molecular weight excluding hydrogens is 300 g/mol. The van der Waals surface area contributed by atoms with Crippen molar-refractivity contribution in [2.24, 2.45) is 5.73 Å². The molecule has 0 aliphatic heterocycles. The van der Waals surface area contributed by atoms with Gasteiger partial charge in [-0.1, -0.05) is 13.2 Å². The molecule has 0 saturated heterocycles. The Balaban J connectivity index is -0.000000321. The molecule has 0 bridgehead atoms. The molecule has 0 saturated carbocycles. The van der Waals surface area contributed by atoms with Gasteiger partial charge in [0.15, 0.2) is 0 Å². The molecule has 0 aromatic rings. The van der Waals surface area contributed by atoms with Crippen LogP contribution in [-0.4, -0.2) is 50.7 Å². The molecule has 0 radical (unpaired) electrons. The first-order valence-corrected chi connectivity index (χ1v) is 5.15. The molecular formula is C12H23BrN2O3. The van der Waals surface area contributed by atoms with E-state index in [1.807, 2.05) is 0 Å². The van der Waals surface area contributed by atoms with E-state index in [1.54, 1.807) is 6.92 Å². The van der Waals surface area contributed by atoms with Crippen LogP contribution in [0.4, 0.5) is 0 Å². The van der Waals surface area contributed by atoms with E-state index in [-0.39, 0.29) is 23.0 Å². The summed E-state index contributed by atoms with van der Waals surface area (Å²) in [5.74, 6) is -0.784. The normalized spacial score (nSPS) is 9.11. The van der Waals surface area contributed by atoms with Gasteiger partial charge < -0.3 is 31.9 Å². The number of carbonyl (C=O) groups is 2. The summed E-state index contributed by atoms with van der Waals surface area (Å²) in [5, 5.41) is 0. The average Bonchev–Trinajstić information content (AvgIpc) is 2.16. The summed E-state index contributed by atoms with van der Waals surface area (Å²) >= 11 is 0. The molecule has 0 heterocycles. The maximum absolute atomic E-state index is 10.9. The Morgan fingerprint density at radius 1 is 1.33 bits per heavy atom. The minimum atomic E-state index is -0.481. The maximum atomic E-state index is 10.9. The molecule has 6 heteroatoms. The third-order valence-electron chi connectivity index (χ3n) is 1.54. The lowest BCUT2D eigenvalue weighted by Crippen LogP contribution is -3.00. The van der Waals surface area contributed by atoms with Gasteiger partial charge in [-0.3, -0.25) is 4.79 Å². The van der Waals surface area contributed by atoms with Gasteiger partial charge in [0, 0.05) is 5.57 Å². The molecule has 0 spiro atoms. The van der Waals surface area contributed by atoms with E-state index in [9.17, 15) is 9.59 Å². The van der Waals surface area contributed by atoms with Crippen LogP contribution in [0.2, 0.25) is 0 Å². The molecule has 1 amide bonds. The zero-order chi connectivity index (χ0) is 14.1. The monoisotopic (exact) mass is 322 g/mol. The second-order valence-electron chi connectivity index (χ2n) is 4.54. The lowest BCUT2D eigenvalue weighted by Gasteiger charge is -2.23. The van der Waals surface area contributed by atoms with Gasteiger partial charge >= 0.3 is 5.97 Å². The second kappa shape index (κ2) is 11.0. The van der Waals surface area contributed by atoms with Gasteiger partial charge in [-0.2, -0.15) is 0 Å². The standard InChI is InChI=1S/C9H18NO2.C3H5NO.BrH/c1-8(2)9(11)12-7-6-10(3,4)5;1-2-3(4)5;/h1,6-7H2,2-5H3;2H,1H2,(H2,4,5);1H/q+1;;/p-1. The van der Waals surface area contributed by atoms with E-state index in [0.717, 1.165) is 17.1 Å². The van der Waals surface area contributed by atoms with Crippen molar-refractivity contribution in [3.05, 3.63) is 24.8 Å². The van der Waals surface area contributed by atoms with Crippen molar-refractivity contribution >= 4 is 11.9 Å². The molecule has 0 unspecified atom stereocenters. The summed E-state index contributed by atoms with van der Waals surface area (Å²) in [7, 11) is 6.15. The highest BCUT2D eigenvalue weighted by Crippen LogP contribution is 1.94. The van der Waals surface area contributed by atoms with E-state index >= 15 is 0 Å². The van der Waals surface area contributed by atoms with Crippen LogP contribution in [0.1, 0.15) is 6.92 Å². The number of nitrogens with two attached hydrogens (primary N) is 1. The summed E-state index contributed by atoms with van der Waals surface area (Å²) in [4.78, 5) is 20.4. The van der Waals surface area contributed by atoms with Crippen molar-refractivity contribution in [2.45, 2.75) is 6.92 Å². The highest BCUT2D eigenvalue weighted by molar-refractivity contribution is 5.86. The Morgan fingerprint density at radius 3 is 1.94 bits per heavy atom. The fourth-order valence-electron chi connectivity index (χ4n) is 0.535. The highest BCUT2D eigenvalue weighted by atomic mass is 79.9. The molecule has 0 rings (SSSR count). The predicted molar refractivity (Wildman–Crippen MR) is 68.1 cm³/mol. The van der Waals surface area contributed by atoms with E-state index < -0.39 is 5.91 Å². The Kier molecular flexibility index (Phi) is 13.5. The second-order valence-corrected chi connectivity index (χ2v) is 4.54. The fourth-order valence-corrected chi connectivity index (χ4v) is 0.535. The van der Waals surface area contributed by atoms with Crippen molar-refractivity contribution < 1.29 is 35.8 Å². The van der Waals surface area contributed by atoms with E-state index in [1.165, 1.54) is 0 Å². The first-order valence-electron chi connectivity index (χ1n) is 5.15. The summed E-state index contributed by atoms with van der Waals surface area (Å²) in [5.41, 5.74) is 4.99. The summed E-state index contributed by atoms with van der Waals surface area (Å²) in [6.07, 6.45) is 1.06. The average molecular weight is 323 g/mol. The molecule has 106 valence electrons. The van der Waals surface area contributed by atoms with Gasteiger partial charge in [0.05, 0.1) is 21.1 Å². The quantitative estimate of drug-likeness (QED) is 0.345. The molecule has 2 N–H and O–H groups in total. The summed E-state index contributed by atoms with van der Waals surface area (Å²) < 4.78 is 5.72. The number of primary amides is 1. The zero-order valence-corrected chi connectivity index (χ0v) is 13.1. The van der Waals surface area contributed by atoms with Crippen LogP contribution in [0, 0.1) is 0 Å². The minimum Gasteiger partial charge on any atom is -1.00 e. The van der Waals surface area contributed by atoms with Gasteiger partial charge in [-0.25, -0.2) is 4.79 Å². The van der Waals surface area contributed by atoms with Crippen molar-refractivity contribution in [3.8, 4) is 0 Å². The fraction of sp³-hybridized carbons (Fsp3) is 0.500. The molecule has 0 atom stereocenters. The molecule has 0 aromatic carbocycles.